The Morgan fingerprint density at radius 1 is 1.20 bits per heavy atom. The van der Waals surface area contributed by atoms with E-state index in [1.165, 1.54) is 8.61 Å². The summed E-state index contributed by atoms with van der Waals surface area (Å²) in [4.78, 5) is 13.9. The summed E-state index contributed by atoms with van der Waals surface area (Å²) in [6.07, 6.45) is 1.73. The molecule has 0 aliphatic carbocycles. The third kappa shape index (κ3) is 4.01. The fraction of sp³-hybridized carbons (Fsp3) is 0.500. The van der Waals surface area contributed by atoms with Crippen LogP contribution in [-0.4, -0.2) is 66.7 Å². The number of amides is 1. The maximum atomic E-state index is 13.3. The first kappa shape index (κ1) is 20.7. The zero-order valence-corrected chi connectivity index (χ0v) is 18.1. The van der Waals surface area contributed by atoms with Gasteiger partial charge in [0.15, 0.2) is 5.76 Å². The number of hydrogen-bond donors (Lipinski definition) is 0. The molecular weight excluding hydrogens is 408 g/mol. The molecule has 1 aromatic carbocycles. The average molecular weight is 435 g/mol. The molecule has 2 aliphatic rings. The molecule has 0 N–H and O–H groups in total. The van der Waals surface area contributed by atoms with Crippen molar-refractivity contribution in [1.29, 1.82) is 0 Å². The second kappa shape index (κ2) is 7.59. The Morgan fingerprint density at radius 2 is 2.00 bits per heavy atom. The van der Waals surface area contributed by atoms with E-state index < -0.39 is 21.9 Å². The Labute approximate surface area is 176 Å². The molecule has 10 heteroatoms. The van der Waals surface area contributed by atoms with Gasteiger partial charge in [0.25, 0.3) is 0 Å². The van der Waals surface area contributed by atoms with Crippen molar-refractivity contribution < 1.29 is 22.5 Å². The highest BCUT2D eigenvalue weighted by molar-refractivity contribution is 7.90. The molecule has 0 spiro atoms. The molecule has 2 aromatic rings. The Bertz CT molecular complexity index is 1020. The quantitative estimate of drug-likeness (QED) is 0.737. The number of ether oxygens (including phenoxy) is 1. The van der Waals surface area contributed by atoms with Gasteiger partial charge >= 0.3 is 16.3 Å². The molecule has 4 rings (SSSR count). The molecule has 1 aromatic heterocycles. The summed E-state index contributed by atoms with van der Waals surface area (Å²) in [6, 6.07) is 8.66. The SMILES string of the molecule is CC(C)(C)OC(=O)N1CC[C@H](N2CCN(c3cccc(-c4ccno4)c3)S2(=O)=O)C1. The van der Waals surface area contributed by atoms with Gasteiger partial charge in [-0.1, -0.05) is 17.3 Å². The highest BCUT2D eigenvalue weighted by atomic mass is 32.2. The van der Waals surface area contributed by atoms with Crippen molar-refractivity contribution in [2.75, 3.05) is 30.5 Å². The van der Waals surface area contributed by atoms with E-state index in [0.29, 0.717) is 44.0 Å². The number of anilines is 1. The first-order chi connectivity index (χ1) is 14.1. The zero-order valence-electron chi connectivity index (χ0n) is 17.3. The molecule has 30 heavy (non-hydrogen) atoms. The van der Waals surface area contributed by atoms with Gasteiger partial charge in [0, 0.05) is 43.9 Å². The smallest absolute Gasteiger partial charge is 0.410 e. The van der Waals surface area contributed by atoms with Gasteiger partial charge in [-0.15, -0.1) is 0 Å². The highest BCUT2D eigenvalue weighted by Crippen LogP contribution is 2.32. The van der Waals surface area contributed by atoms with E-state index in [4.69, 9.17) is 9.26 Å². The van der Waals surface area contributed by atoms with Crippen LogP contribution in [-0.2, 0) is 14.9 Å². The van der Waals surface area contributed by atoms with Gasteiger partial charge < -0.3 is 14.2 Å². The number of nitrogens with zero attached hydrogens (tertiary/aromatic N) is 4. The monoisotopic (exact) mass is 434 g/mol. The number of benzene rings is 1. The molecule has 1 atom stereocenters. The number of likely N-dealkylation sites (tertiary alicyclic amines) is 1. The van der Waals surface area contributed by atoms with Crippen LogP contribution in [0.5, 0.6) is 0 Å². The van der Waals surface area contributed by atoms with Gasteiger partial charge in [-0.2, -0.15) is 12.7 Å². The van der Waals surface area contributed by atoms with Crippen molar-refractivity contribution in [3.8, 4) is 11.3 Å². The Kier molecular flexibility index (Phi) is 5.23. The standard InChI is InChI=1S/C20H26N4O5S/c1-20(2,3)28-19(25)22-10-8-17(14-22)24-12-11-23(30(24,26)27)16-6-4-5-15(13-16)18-7-9-21-29-18/h4-7,9,13,17H,8,10-12,14H2,1-3H3/t17-/m0/s1. The van der Waals surface area contributed by atoms with Crippen LogP contribution in [0.3, 0.4) is 0 Å². The lowest BCUT2D eigenvalue weighted by atomic mass is 10.1. The van der Waals surface area contributed by atoms with Gasteiger partial charge in [-0.25, -0.2) is 4.79 Å². The largest absolute Gasteiger partial charge is 0.444 e. The highest BCUT2D eigenvalue weighted by Gasteiger charge is 2.44. The third-order valence-corrected chi connectivity index (χ3v) is 7.20. The summed E-state index contributed by atoms with van der Waals surface area (Å²) in [6.45, 7) is 6.98. The fourth-order valence-corrected chi connectivity index (χ4v) is 5.63. The molecule has 2 fully saturated rings. The third-order valence-electron chi connectivity index (χ3n) is 5.18. The maximum absolute atomic E-state index is 13.3. The summed E-state index contributed by atoms with van der Waals surface area (Å²) in [7, 11) is -3.69. The van der Waals surface area contributed by atoms with Crippen molar-refractivity contribution in [1.82, 2.24) is 14.4 Å². The van der Waals surface area contributed by atoms with E-state index in [1.54, 1.807) is 35.4 Å². The number of hydrogen-bond acceptors (Lipinski definition) is 6. The molecule has 9 nitrogen and oxygen atoms in total. The van der Waals surface area contributed by atoms with Gasteiger partial charge in [0.05, 0.1) is 11.9 Å². The molecule has 0 saturated carbocycles. The van der Waals surface area contributed by atoms with Crippen LogP contribution in [0.1, 0.15) is 27.2 Å². The maximum Gasteiger partial charge on any atom is 0.410 e. The van der Waals surface area contributed by atoms with Gasteiger partial charge in [-0.05, 0) is 39.3 Å². The summed E-state index contributed by atoms with van der Waals surface area (Å²) in [5, 5.41) is 3.70. The average Bonchev–Trinajstić information content (AvgIpc) is 3.40. The van der Waals surface area contributed by atoms with Crippen LogP contribution < -0.4 is 4.31 Å². The first-order valence-corrected chi connectivity index (χ1v) is 11.3. The van der Waals surface area contributed by atoms with E-state index in [-0.39, 0.29) is 6.04 Å². The van der Waals surface area contributed by atoms with E-state index in [9.17, 15) is 13.2 Å². The van der Waals surface area contributed by atoms with Crippen molar-refractivity contribution in [3.63, 3.8) is 0 Å². The lowest BCUT2D eigenvalue weighted by molar-refractivity contribution is 0.0287. The predicted molar refractivity (Wildman–Crippen MR) is 111 cm³/mol. The number of carbonyl (C=O) groups excluding carboxylic acids is 1. The van der Waals surface area contributed by atoms with Gasteiger partial charge in [0.1, 0.15) is 5.60 Å². The van der Waals surface area contributed by atoms with Crippen molar-refractivity contribution in [3.05, 3.63) is 36.5 Å². The second-order valence-electron chi connectivity index (χ2n) is 8.49. The van der Waals surface area contributed by atoms with Crippen LogP contribution >= 0.6 is 0 Å². The Hall–Kier alpha value is -2.59. The normalized spacial score (nSPS) is 21.9. The molecule has 0 radical (unpaired) electrons. The van der Waals surface area contributed by atoms with E-state index >= 15 is 0 Å². The van der Waals surface area contributed by atoms with E-state index in [2.05, 4.69) is 5.16 Å². The van der Waals surface area contributed by atoms with Crippen molar-refractivity contribution in [2.45, 2.75) is 38.8 Å². The van der Waals surface area contributed by atoms with Crippen LogP contribution in [0.2, 0.25) is 0 Å². The molecule has 1 amide bonds. The fourth-order valence-electron chi connectivity index (χ4n) is 3.83. The van der Waals surface area contributed by atoms with Crippen LogP contribution in [0.4, 0.5) is 10.5 Å². The summed E-state index contributed by atoms with van der Waals surface area (Å²) < 4.78 is 40.0. The van der Waals surface area contributed by atoms with Crippen LogP contribution in [0.15, 0.2) is 41.1 Å². The minimum absolute atomic E-state index is 0.259. The number of rotatable bonds is 3. The molecule has 0 unspecified atom stereocenters. The van der Waals surface area contributed by atoms with Crippen molar-refractivity contribution >= 4 is 22.0 Å². The number of aromatic nitrogens is 1. The molecule has 2 saturated heterocycles. The van der Waals surface area contributed by atoms with Crippen molar-refractivity contribution in [2.24, 2.45) is 0 Å². The minimum atomic E-state index is -3.69. The second-order valence-corrected chi connectivity index (χ2v) is 10.3. The molecular formula is C20H26N4O5S. The van der Waals surface area contributed by atoms with Crippen LogP contribution in [0.25, 0.3) is 11.3 Å². The van der Waals surface area contributed by atoms with E-state index in [0.717, 1.165) is 5.56 Å². The first-order valence-electron chi connectivity index (χ1n) is 9.94. The minimum Gasteiger partial charge on any atom is -0.444 e. The lowest BCUT2D eigenvalue weighted by Gasteiger charge is -2.26. The molecule has 3 heterocycles. The van der Waals surface area contributed by atoms with Crippen LogP contribution in [0, 0.1) is 0 Å². The lowest BCUT2D eigenvalue weighted by Crippen LogP contribution is -2.43. The number of carbonyl (C=O) groups is 1. The zero-order chi connectivity index (χ0) is 21.5. The van der Waals surface area contributed by atoms with Gasteiger partial charge in [0.2, 0.25) is 0 Å². The Morgan fingerprint density at radius 3 is 2.70 bits per heavy atom. The summed E-state index contributed by atoms with van der Waals surface area (Å²) >= 11 is 0. The predicted octanol–water partition coefficient (Wildman–Crippen LogP) is 2.72. The topological polar surface area (TPSA) is 96.2 Å². The molecule has 162 valence electrons. The van der Waals surface area contributed by atoms with Gasteiger partial charge in [-0.3, -0.25) is 4.31 Å². The summed E-state index contributed by atoms with van der Waals surface area (Å²) in [5.41, 5.74) is 0.754. The Balaban J connectivity index is 1.49. The van der Waals surface area contributed by atoms with E-state index in [1.807, 2.05) is 26.8 Å². The molecule has 2 aliphatic heterocycles. The summed E-state index contributed by atoms with van der Waals surface area (Å²) in [5.74, 6) is 0.578. The molecule has 0 bridgehead atoms.